The molecule has 1 saturated carbocycles. The first-order valence-electron chi connectivity index (χ1n) is 8.10. The Morgan fingerprint density at radius 2 is 1.94 bits per heavy atom. The van der Waals surface area contributed by atoms with Crippen LogP contribution in [0.2, 0.25) is 0 Å². The van der Waals surface area contributed by atoms with Gasteiger partial charge in [-0.1, -0.05) is 33.1 Å². The standard InChI is InChI=1S/C16H32N2/c1-13(2)14-7-6-9-16(11-14)18(3)12-15-8-4-5-10-17-15/h13-17H,4-12H2,1-3H3. The summed E-state index contributed by atoms with van der Waals surface area (Å²) < 4.78 is 0. The third kappa shape index (κ3) is 3.96. The van der Waals surface area contributed by atoms with Gasteiger partial charge in [-0.3, -0.25) is 0 Å². The molecular formula is C16H32N2. The fourth-order valence-corrected chi connectivity index (χ4v) is 3.78. The Bertz CT molecular complexity index is 233. The average Bonchev–Trinajstić information content (AvgIpc) is 2.40. The van der Waals surface area contributed by atoms with Crippen molar-refractivity contribution in [2.75, 3.05) is 20.1 Å². The summed E-state index contributed by atoms with van der Waals surface area (Å²) in [5.41, 5.74) is 0. The highest BCUT2D eigenvalue weighted by molar-refractivity contribution is 4.83. The highest BCUT2D eigenvalue weighted by Gasteiger charge is 2.27. The first-order chi connectivity index (χ1) is 8.66. The van der Waals surface area contributed by atoms with Crippen molar-refractivity contribution >= 4 is 0 Å². The van der Waals surface area contributed by atoms with Gasteiger partial charge in [-0.15, -0.1) is 0 Å². The quantitative estimate of drug-likeness (QED) is 0.826. The number of hydrogen-bond donors (Lipinski definition) is 1. The molecule has 2 aliphatic rings. The molecule has 2 nitrogen and oxygen atoms in total. The van der Waals surface area contributed by atoms with Gasteiger partial charge in [0.15, 0.2) is 0 Å². The Morgan fingerprint density at radius 1 is 1.11 bits per heavy atom. The average molecular weight is 252 g/mol. The molecule has 2 rings (SSSR count). The SMILES string of the molecule is CC(C)C1CCCC(N(C)CC2CCCCN2)C1. The first-order valence-corrected chi connectivity index (χ1v) is 8.10. The van der Waals surface area contributed by atoms with E-state index < -0.39 is 0 Å². The van der Waals surface area contributed by atoms with Gasteiger partial charge in [-0.05, 0) is 51.1 Å². The molecule has 1 saturated heterocycles. The molecule has 18 heavy (non-hydrogen) atoms. The zero-order valence-corrected chi connectivity index (χ0v) is 12.6. The monoisotopic (exact) mass is 252 g/mol. The van der Waals surface area contributed by atoms with E-state index in [2.05, 4.69) is 31.1 Å². The predicted molar refractivity (Wildman–Crippen MR) is 78.9 cm³/mol. The second kappa shape index (κ2) is 6.91. The lowest BCUT2D eigenvalue weighted by Gasteiger charge is -2.39. The third-order valence-corrected chi connectivity index (χ3v) is 5.17. The Hall–Kier alpha value is -0.0800. The molecule has 1 aliphatic heterocycles. The maximum Gasteiger partial charge on any atom is 0.0195 e. The zero-order chi connectivity index (χ0) is 13.0. The van der Waals surface area contributed by atoms with Crippen molar-refractivity contribution in [2.45, 2.75) is 70.9 Å². The second-order valence-electron chi connectivity index (χ2n) is 6.91. The summed E-state index contributed by atoms with van der Waals surface area (Å²) in [4.78, 5) is 2.65. The van der Waals surface area contributed by atoms with Crippen LogP contribution in [0, 0.1) is 11.8 Å². The van der Waals surface area contributed by atoms with Crippen LogP contribution in [0.25, 0.3) is 0 Å². The minimum absolute atomic E-state index is 0.753. The van der Waals surface area contributed by atoms with Gasteiger partial charge in [0.05, 0.1) is 0 Å². The highest BCUT2D eigenvalue weighted by atomic mass is 15.2. The van der Waals surface area contributed by atoms with Crippen molar-refractivity contribution in [3.05, 3.63) is 0 Å². The van der Waals surface area contributed by atoms with E-state index in [9.17, 15) is 0 Å². The van der Waals surface area contributed by atoms with Crippen LogP contribution in [0.4, 0.5) is 0 Å². The Balaban J connectivity index is 1.78. The number of rotatable bonds is 4. The molecule has 2 heteroatoms. The summed E-state index contributed by atoms with van der Waals surface area (Å²) in [7, 11) is 2.35. The molecule has 0 amide bonds. The Kier molecular flexibility index (Phi) is 5.50. The molecule has 3 unspecified atom stereocenters. The Morgan fingerprint density at radius 3 is 2.61 bits per heavy atom. The summed E-state index contributed by atoms with van der Waals surface area (Å²) in [6.07, 6.45) is 9.93. The van der Waals surface area contributed by atoms with Gasteiger partial charge < -0.3 is 10.2 Å². The van der Waals surface area contributed by atoms with E-state index in [0.717, 1.165) is 23.9 Å². The van der Waals surface area contributed by atoms with Crippen molar-refractivity contribution < 1.29 is 0 Å². The molecule has 3 atom stereocenters. The van der Waals surface area contributed by atoms with E-state index in [1.165, 1.54) is 58.0 Å². The Labute approximate surface area is 114 Å². The van der Waals surface area contributed by atoms with Crippen LogP contribution in [0.3, 0.4) is 0 Å². The molecule has 1 aliphatic carbocycles. The third-order valence-electron chi connectivity index (χ3n) is 5.17. The van der Waals surface area contributed by atoms with Gasteiger partial charge >= 0.3 is 0 Å². The smallest absolute Gasteiger partial charge is 0.0195 e. The van der Waals surface area contributed by atoms with Crippen LogP contribution in [0.5, 0.6) is 0 Å². The molecule has 0 bridgehead atoms. The second-order valence-corrected chi connectivity index (χ2v) is 6.91. The summed E-state index contributed by atoms with van der Waals surface area (Å²) in [5.74, 6) is 1.83. The van der Waals surface area contributed by atoms with E-state index >= 15 is 0 Å². The molecule has 1 heterocycles. The fourth-order valence-electron chi connectivity index (χ4n) is 3.78. The summed E-state index contributed by atoms with van der Waals surface area (Å²) in [5, 5.41) is 3.68. The lowest BCUT2D eigenvalue weighted by atomic mass is 9.79. The summed E-state index contributed by atoms with van der Waals surface area (Å²) in [6, 6.07) is 1.60. The summed E-state index contributed by atoms with van der Waals surface area (Å²) in [6.45, 7) is 7.29. The normalized spacial score (nSPS) is 34.2. The van der Waals surface area contributed by atoms with Crippen LogP contribution in [-0.2, 0) is 0 Å². The molecule has 0 radical (unpaired) electrons. The maximum absolute atomic E-state index is 3.68. The van der Waals surface area contributed by atoms with Crippen LogP contribution >= 0.6 is 0 Å². The van der Waals surface area contributed by atoms with Gasteiger partial charge in [0.2, 0.25) is 0 Å². The zero-order valence-electron chi connectivity index (χ0n) is 12.6. The van der Waals surface area contributed by atoms with Gasteiger partial charge in [0, 0.05) is 18.6 Å². The first kappa shape index (κ1) is 14.3. The number of hydrogen-bond acceptors (Lipinski definition) is 2. The summed E-state index contributed by atoms with van der Waals surface area (Å²) >= 11 is 0. The van der Waals surface area contributed by atoms with E-state index in [1.54, 1.807) is 0 Å². The van der Waals surface area contributed by atoms with Crippen LogP contribution in [0.15, 0.2) is 0 Å². The highest BCUT2D eigenvalue weighted by Crippen LogP contribution is 2.32. The van der Waals surface area contributed by atoms with Gasteiger partial charge in [-0.2, -0.15) is 0 Å². The maximum atomic E-state index is 3.68. The van der Waals surface area contributed by atoms with Gasteiger partial charge in [0.1, 0.15) is 0 Å². The van der Waals surface area contributed by atoms with Crippen LogP contribution in [0.1, 0.15) is 58.8 Å². The lowest BCUT2D eigenvalue weighted by Crippen LogP contribution is -2.47. The molecule has 0 aromatic carbocycles. The predicted octanol–water partition coefficient (Wildman–Crippen LogP) is 3.28. The number of likely N-dealkylation sites (N-methyl/N-ethyl adjacent to an activating group) is 1. The molecule has 1 N–H and O–H groups in total. The number of piperidine rings is 1. The van der Waals surface area contributed by atoms with E-state index in [-0.39, 0.29) is 0 Å². The van der Waals surface area contributed by atoms with Gasteiger partial charge in [0.25, 0.3) is 0 Å². The van der Waals surface area contributed by atoms with Crippen LogP contribution < -0.4 is 5.32 Å². The fraction of sp³-hybridized carbons (Fsp3) is 1.00. The van der Waals surface area contributed by atoms with Crippen molar-refractivity contribution in [1.29, 1.82) is 0 Å². The van der Waals surface area contributed by atoms with E-state index in [1.807, 2.05) is 0 Å². The molecule has 0 aromatic heterocycles. The minimum atomic E-state index is 0.753. The topological polar surface area (TPSA) is 15.3 Å². The largest absolute Gasteiger partial charge is 0.313 e. The van der Waals surface area contributed by atoms with Crippen molar-refractivity contribution in [2.24, 2.45) is 11.8 Å². The molecular weight excluding hydrogens is 220 g/mol. The molecule has 0 aromatic rings. The number of nitrogens with zero attached hydrogens (tertiary/aromatic N) is 1. The van der Waals surface area contributed by atoms with Crippen molar-refractivity contribution in [3.8, 4) is 0 Å². The van der Waals surface area contributed by atoms with E-state index in [4.69, 9.17) is 0 Å². The molecule has 106 valence electrons. The lowest BCUT2D eigenvalue weighted by molar-refractivity contribution is 0.123. The molecule has 2 fully saturated rings. The van der Waals surface area contributed by atoms with Gasteiger partial charge in [-0.25, -0.2) is 0 Å². The van der Waals surface area contributed by atoms with Crippen molar-refractivity contribution in [3.63, 3.8) is 0 Å². The molecule has 0 spiro atoms. The van der Waals surface area contributed by atoms with E-state index in [0.29, 0.717) is 0 Å². The van der Waals surface area contributed by atoms with Crippen LogP contribution in [-0.4, -0.2) is 37.1 Å². The van der Waals surface area contributed by atoms with Crippen molar-refractivity contribution in [1.82, 2.24) is 10.2 Å². The minimum Gasteiger partial charge on any atom is -0.313 e. The number of nitrogens with one attached hydrogen (secondary N) is 1.